The molecule has 2 saturated heterocycles. The number of rotatable bonds is 2. The third-order valence-corrected chi connectivity index (χ3v) is 6.37. The molecule has 4 heterocycles. The van der Waals surface area contributed by atoms with Crippen LogP contribution in [-0.4, -0.2) is 35.5 Å². The zero-order valence-electron chi connectivity index (χ0n) is 15.7. The first-order valence-corrected chi connectivity index (χ1v) is 9.67. The lowest BCUT2D eigenvalue weighted by molar-refractivity contribution is -0.129. The van der Waals surface area contributed by atoms with Gasteiger partial charge in [-0.2, -0.15) is 0 Å². The highest BCUT2D eigenvalue weighted by molar-refractivity contribution is 6.24. The third kappa shape index (κ3) is 2.07. The van der Waals surface area contributed by atoms with Crippen molar-refractivity contribution in [1.82, 2.24) is 4.90 Å². The lowest BCUT2D eigenvalue weighted by Gasteiger charge is -2.34. The van der Waals surface area contributed by atoms with Crippen molar-refractivity contribution < 1.29 is 23.9 Å². The summed E-state index contributed by atoms with van der Waals surface area (Å²) >= 11 is 0. The van der Waals surface area contributed by atoms with Crippen molar-refractivity contribution in [3.8, 4) is 11.5 Å². The Bertz CT molecular complexity index is 1160. The van der Waals surface area contributed by atoms with Gasteiger partial charge >= 0.3 is 0 Å². The molecule has 0 unspecified atom stereocenters. The van der Waals surface area contributed by atoms with Gasteiger partial charge in [0.25, 0.3) is 0 Å². The normalized spacial score (nSPS) is 27.9. The van der Waals surface area contributed by atoms with E-state index < -0.39 is 35.7 Å². The summed E-state index contributed by atoms with van der Waals surface area (Å²) in [6.45, 7) is 0.0931. The molecule has 4 aliphatic rings. The van der Waals surface area contributed by atoms with Crippen LogP contribution in [0, 0.1) is 11.8 Å². The zero-order chi connectivity index (χ0) is 20.6. The number of primary amides is 1. The maximum Gasteiger partial charge on any atom is 0.240 e. The van der Waals surface area contributed by atoms with Gasteiger partial charge < -0.3 is 20.1 Å². The lowest BCUT2D eigenvalue weighted by Crippen LogP contribution is -2.46. The molecule has 4 atom stereocenters. The van der Waals surface area contributed by atoms with Crippen LogP contribution in [0.5, 0.6) is 11.5 Å². The number of ether oxygens (including phenoxy) is 2. The van der Waals surface area contributed by atoms with Gasteiger partial charge in [0.05, 0.1) is 23.6 Å². The second-order valence-electron chi connectivity index (χ2n) is 7.78. The molecule has 30 heavy (non-hydrogen) atoms. The van der Waals surface area contributed by atoms with Crippen LogP contribution in [0.4, 0.5) is 5.69 Å². The summed E-state index contributed by atoms with van der Waals surface area (Å²) in [5.74, 6) is -1.90. The Morgan fingerprint density at radius 3 is 2.60 bits per heavy atom. The average molecular weight is 403 g/mol. The van der Waals surface area contributed by atoms with Crippen molar-refractivity contribution in [2.75, 3.05) is 11.7 Å². The number of benzene rings is 2. The minimum Gasteiger partial charge on any atom is -0.454 e. The number of imide groups is 1. The second-order valence-corrected chi connectivity index (χ2v) is 7.78. The van der Waals surface area contributed by atoms with Gasteiger partial charge in [0.15, 0.2) is 11.5 Å². The molecule has 0 aliphatic carbocycles. The molecule has 6 rings (SSSR count). The highest BCUT2D eigenvalue weighted by Crippen LogP contribution is 2.53. The summed E-state index contributed by atoms with van der Waals surface area (Å²) in [4.78, 5) is 42.3. The molecule has 3 amide bonds. The molecule has 0 bridgehead atoms. The van der Waals surface area contributed by atoms with E-state index in [-0.39, 0.29) is 12.7 Å². The minimum absolute atomic E-state index is 0.0931. The molecular formula is C22H17N3O5. The molecule has 150 valence electrons. The maximum atomic E-state index is 13.6. The Morgan fingerprint density at radius 1 is 1.00 bits per heavy atom. The van der Waals surface area contributed by atoms with Crippen LogP contribution < -0.4 is 20.1 Å². The van der Waals surface area contributed by atoms with Gasteiger partial charge in [-0.3, -0.25) is 14.4 Å². The second kappa shape index (κ2) is 5.85. The SMILES string of the molecule is NC(=O)[C@@H]1[C@@H]2C(=O)N(c3ccc4c(c3)OCO4)C(=O)[C@@H]2[C@@H]2c3ccccc3C=CN12. The third-order valence-electron chi connectivity index (χ3n) is 6.37. The van der Waals surface area contributed by atoms with Gasteiger partial charge in [0.1, 0.15) is 6.04 Å². The fourth-order valence-electron chi connectivity index (χ4n) is 5.16. The highest BCUT2D eigenvalue weighted by Gasteiger charge is 2.64. The molecule has 8 heteroatoms. The van der Waals surface area contributed by atoms with Crippen molar-refractivity contribution in [3.05, 3.63) is 59.8 Å². The summed E-state index contributed by atoms with van der Waals surface area (Å²) in [7, 11) is 0. The van der Waals surface area contributed by atoms with Crippen LogP contribution in [0.15, 0.2) is 48.7 Å². The number of amides is 3. The number of carbonyl (C=O) groups is 3. The molecule has 2 aromatic rings. The van der Waals surface area contributed by atoms with Gasteiger partial charge in [-0.1, -0.05) is 24.3 Å². The van der Waals surface area contributed by atoms with Gasteiger partial charge in [-0.15, -0.1) is 0 Å². The van der Waals surface area contributed by atoms with Crippen molar-refractivity contribution in [3.63, 3.8) is 0 Å². The highest BCUT2D eigenvalue weighted by atomic mass is 16.7. The Morgan fingerprint density at radius 2 is 1.77 bits per heavy atom. The van der Waals surface area contributed by atoms with Gasteiger partial charge in [0, 0.05) is 12.3 Å². The predicted molar refractivity (Wildman–Crippen MR) is 105 cm³/mol. The molecule has 2 aromatic carbocycles. The van der Waals surface area contributed by atoms with Crippen molar-refractivity contribution in [2.24, 2.45) is 17.6 Å². The van der Waals surface area contributed by atoms with Crippen molar-refractivity contribution >= 4 is 29.5 Å². The van der Waals surface area contributed by atoms with Gasteiger partial charge in [-0.05, 0) is 29.3 Å². The standard InChI is InChI=1S/C22H17N3O5/c23-20(26)19-17-16(18-13-4-2-1-3-11(13)7-8-24(18)19)21(27)25(22(17)28)12-5-6-14-15(9-12)30-10-29-14/h1-9,16-19H,10H2,(H2,23,26)/t16-,17+,18-,19-/m0/s1. The summed E-state index contributed by atoms with van der Waals surface area (Å²) < 4.78 is 10.7. The van der Waals surface area contributed by atoms with Crippen LogP contribution >= 0.6 is 0 Å². The molecule has 2 N–H and O–H groups in total. The number of nitrogens with two attached hydrogens (primary N) is 1. The average Bonchev–Trinajstić information content (AvgIpc) is 3.41. The van der Waals surface area contributed by atoms with E-state index in [0.717, 1.165) is 16.0 Å². The molecule has 0 aromatic heterocycles. The van der Waals surface area contributed by atoms with E-state index in [9.17, 15) is 14.4 Å². The van der Waals surface area contributed by atoms with Crippen LogP contribution in [-0.2, 0) is 14.4 Å². The summed E-state index contributed by atoms with van der Waals surface area (Å²) in [6.07, 6.45) is 3.65. The maximum absolute atomic E-state index is 13.6. The van der Waals surface area contributed by atoms with Crippen LogP contribution in [0.3, 0.4) is 0 Å². The first-order chi connectivity index (χ1) is 14.6. The number of fused-ring (bicyclic) bond motifs is 6. The molecule has 4 aliphatic heterocycles. The lowest BCUT2D eigenvalue weighted by atomic mass is 9.84. The van der Waals surface area contributed by atoms with Crippen LogP contribution in [0.2, 0.25) is 0 Å². The van der Waals surface area contributed by atoms with E-state index in [1.165, 1.54) is 0 Å². The molecular weight excluding hydrogens is 386 g/mol. The number of nitrogens with zero attached hydrogens (tertiary/aromatic N) is 2. The van der Waals surface area contributed by atoms with E-state index in [2.05, 4.69) is 0 Å². The Kier molecular flexibility index (Phi) is 3.33. The number of hydrogen-bond acceptors (Lipinski definition) is 6. The quantitative estimate of drug-likeness (QED) is 0.761. The van der Waals surface area contributed by atoms with E-state index in [1.807, 2.05) is 30.3 Å². The fraction of sp³-hybridized carbons (Fsp3) is 0.227. The smallest absolute Gasteiger partial charge is 0.240 e. The molecule has 0 spiro atoms. The largest absolute Gasteiger partial charge is 0.454 e. The molecule has 8 nitrogen and oxygen atoms in total. The number of hydrogen-bond donors (Lipinski definition) is 1. The van der Waals surface area contributed by atoms with Crippen LogP contribution in [0.1, 0.15) is 17.2 Å². The van der Waals surface area contributed by atoms with Gasteiger partial charge in [-0.25, -0.2) is 4.90 Å². The molecule has 0 saturated carbocycles. The van der Waals surface area contributed by atoms with Crippen molar-refractivity contribution in [1.29, 1.82) is 0 Å². The van der Waals surface area contributed by atoms with Gasteiger partial charge in [0.2, 0.25) is 24.5 Å². The predicted octanol–water partition coefficient (Wildman–Crippen LogP) is 1.42. The fourth-order valence-corrected chi connectivity index (χ4v) is 5.16. The Labute approximate surface area is 171 Å². The number of anilines is 1. The number of carbonyl (C=O) groups excluding carboxylic acids is 3. The zero-order valence-corrected chi connectivity index (χ0v) is 15.7. The minimum atomic E-state index is -0.889. The topological polar surface area (TPSA) is 102 Å². The van der Waals surface area contributed by atoms with E-state index in [4.69, 9.17) is 15.2 Å². The first-order valence-electron chi connectivity index (χ1n) is 9.67. The molecule has 0 radical (unpaired) electrons. The van der Waals surface area contributed by atoms with Crippen LogP contribution in [0.25, 0.3) is 6.08 Å². The summed E-state index contributed by atoms with van der Waals surface area (Å²) in [5, 5.41) is 0. The monoisotopic (exact) mass is 403 g/mol. The Hall–Kier alpha value is -3.81. The van der Waals surface area contributed by atoms with E-state index in [0.29, 0.717) is 17.2 Å². The van der Waals surface area contributed by atoms with E-state index in [1.54, 1.807) is 29.3 Å². The van der Waals surface area contributed by atoms with Crippen molar-refractivity contribution in [2.45, 2.75) is 12.1 Å². The first kappa shape index (κ1) is 17.1. The summed E-state index contributed by atoms with van der Waals surface area (Å²) in [6, 6.07) is 11.3. The Balaban J connectivity index is 1.47. The molecule has 2 fully saturated rings. The van der Waals surface area contributed by atoms with E-state index >= 15 is 0 Å². The summed E-state index contributed by atoms with van der Waals surface area (Å²) in [5.41, 5.74) is 7.99.